The first-order valence-corrected chi connectivity index (χ1v) is 7.21. The van der Waals surface area contributed by atoms with Gasteiger partial charge in [-0.1, -0.05) is 19.3 Å². The molecule has 0 saturated heterocycles. The molecule has 0 unspecified atom stereocenters. The highest BCUT2D eigenvalue weighted by Gasteiger charge is 2.30. The van der Waals surface area contributed by atoms with Gasteiger partial charge in [0.2, 0.25) is 0 Å². The third-order valence-electron chi connectivity index (χ3n) is 3.67. The molecular formula is C13H14ClN3O5. The Balaban J connectivity index is 2.50. The van der Waals surface area contributed by atoms with Gasteiger partial charge in [0, 0.05) is 23.7 Å². The van der Waals surface area contributed by atoms with E-state index in [1.165, 1.54) is 0 Å². The molecular weight excluding hydrogens is 314 g/mol. The molecule has 118 valence electrons. The Morgan fingerprint density at radius 3 is 2.00 bits per heavy atom. The van der Waals surface area contributed by atoms with Crippen LogP contribution in [-0.4, -0.2) is 21.1 Å². The van der Waals surface area contributed by atoms with Crippen LogP contribution in [0.25, 0.3) is 0 Å². The van der Waals surface area contributed by atoms with E-state index in [1.807, 2.05) is 0 Å². The Bertz CT molecular complexity index is 593. The molecule has 1 fully saturated rings. The zero-order valence-electron chi connectivity index (χ0n) is 11.6. The standard InChI is InChI=1S/C13H14ClN3O5/c14-13(18)8-6-10(16(19)20)12(11(7-8)17(21)22)15-9-4-2-1-3-5-9/h6-7,9,15H,1-5H2. The molecule has 1 N–H and O–H groups in total. The molecule has 1 aliphatic carbocycles. The second-order valence-electron chi connectivity index (χ2n) is 5.16. The molecule has 8 nitrogen and oxygen atoms in total. The number of nitro benzene ring substituents is 2. The van der Waals surface area contributed by atoms with E-state index in [-0.39, 0.29) is 17.3 Å². The number of rotatable bonds is 5. The van der Waals surface area contributed by atoms with Crippen LogP contribution >= 0.6 is 11.6 Å². The van der Waals surface area contributed by atoms with Crippen molar-refractivity contribution in [2.75, 3.05) is 5.32 Å². The van der Waals surface area contributed by atoms with Gasteiger partial charge in [-0.3, -0.25) is 25.0 Å². The van der Waals surface area contributed by atoms with E-state index in [2.05, 4.69) is 5.32 Å². The SMILES string of the molecule is O=C(Cl)c1cc([N+](=O)[O-])c(NC2CCCCC2)c([N+](=O)[O-])c1. The second-order valence-corrected chi connectivity index (χ2v) is 5.50. The average Bonchev–Trinajstić information content (AvgIpc) is 2.47. The predicted molar refractivity (Wildman–Crippen MR) is 80.4 cm³/mol. The molecule has 22 heavy (non-hydrogen) atoms. The van der Waals surface area contributed by atoms with Gasteiger partial charge in [0.1, 0.15) is 0 Å². The molecule has 0 atom stereocenters. The van der Waals surface area contributed by atoms with Gasteiger partial charge < -0.3 is 5.32 Å². The molecule has 9 heteroatoms. The Hall–Kier alpha value is -2.22. The van der Waals surface area contributed by atoms with Gasteiger partial charge in [-0.2, -0.15) is 0 Å². The molecule has 1 saturated carbocycles. The van der Waals surface area contributed by atoms with Crippen LogP contribution in [-0.2, 0) is 0 Å². The zero-order valence-corrected chi connectivity index (χ0v) is 12.3. The minimum absolute atomic E-state index is 0.0521. The maximum absolute atomic E-state index is 11.2. The summed E-state index contributed by atoms with van der Waals surface area (Å²) in [5.41, 5.74) is -1.45. The van der Waals surface area contributed by atoms with Crippen LogP contribution in [0.2, 0.25) is 0 Å². The topological polar surface area (TPSA) is 115 Å². The number of nitrogens with zero attached hydrogens (tertiary/aromatic N) is 2. The van der Waals surface area contributed by atoms with E-state index >= 15 is 0 Å². The number of hydrogen-bond acceptors (Lipinski definition) is 6. The highest BCUT2D eigenvalue weighted by molar-refractivity contribution is 6.67. The smallest absolute Gasteiger partial charge is 0.300 e. The molecule has 0 amide bonds. The Morgan fingerprint density at radius 1 is 1.09 bits per heavy atom. The van der Waals surface area contributed by atoms with E-state index in [0.717, 1.165) is 44.2 Å². The van der Waals surface area contributed by atoms with Crippen molar-refractivity contribution in [2.45, 2.75) is 38.1 Å². The van der Waals surface area contributed by atoms with Crippen LogP contribution in [0.3, 0.4) is 0 Å². The van der Waals surface area contributed by atoms with Crippen LogP contribution in [0.1, 0.15) is 42.5 Å². The fourth-order valence-corrected chi connectivity index (χ4v) is 2.72. The number of nitrogens with one attached hydrogen (secondary N) is 1. The highest BCUT2D eigenvalue weighted by atomic mass is 35.5. The van der Waals surface area contributed by atoms with Crippen LogP contribution in [0, 0.1) is 20.2 Å². The normalized spacial score (nSPS) is 15.3. The van der Waals surface area contributed by atoms with Crippen molar-refractivity contribution in [2.24, 2.45) is 0 Å². The lowest BCUT2D eigenvalue weighted by molar-refractivity contribution is -0.392. The molecule has 1 aromatic carbocycles. The lowest BCUT2D eigenvalue weighted by Crippen LogP contribution is -2.23. The van der Waals surface area contributed by atoms with Gasteiger partial charge in [0.25, 0.3) is 16.6 Å². The molecule has 0 bridgehead atoms. The van der Waals surface area contributed by atoms with Gasteiger partial charge in [0.05, 0.1) is 9.85 Å². The Kier molecular flexibility index (Phi) is 4.92. The number of carbonyl (C=O) groups excluding carboxylic acids is 1. The number of halogens is 1. The summed E-state index contributed by atoms with van der Waals surface area (Å²) < 4.78 is 0. The third-order valence-corrected chi connectivity index (χ3v) is 3.89. The van der Waals surface area contributed by atoms with Gasteiger partial charge in [-0.15, -0.1) is 0 Å². The van der Waals surface area contributed by atoms with Crippen molar-refractivity contribution in [1.82, 2.24) is 0 Å². The molecule has 0 aromatic heterocycles. The minimum Gasteiger partial charge on any atom is -0.371 e. The molecule has 0 spiro atoms. The summed E-state index contributed by atoms with van der Waals surface area (Å²) in [6, 6.07) is 1.88. The molecule has 0 aliphatic heterocycles. The lowest BCUT2D eigenvalue weighted by Gasteiger charge is -2.23. The fraction of sp³-hybridized carbons (Fsp3) is 0.462. The van der Waals surface area contributed by atoms with E-state index in [1.54, 1.807) is 0 Å². The number of hydrogen-bond donors (Lipinski definition) is 1. The second kappa shape index (κ2) is 6.69. The van der Waals surface area contributed by atoms with Gasteiger partial charge in [0.15, 0.2) is 5.69 Å². The summed E-state index contributed by atoms with van der Waals surface area (Å²) in [5.74, 6) is 0. The van der Waals surface area contributed by atoms with Crippen molar-refractivity contribution >= 4 is 33.9 Å². The lowest BCUT2D eigenvalue weighted by atomic mass is 9.95. The summed E-state index contributed by atoms with van der Waals surface area (Å²) >= 11 is 5.30. The van der Waals surface area contributed by atoms with E-state index in [9.17, 15) is 25.0 Å². The maximum Gasteiger partial charge on any atom is 0.300 e. The average molecular weight is 328 g/mol. The molecule has 0 radical (unpaired) electrons. The Morgan fingerprint density at radius 2 is 1.59 bits per heavy atom. The zero-order chi connectivity index (χ0) is 16.3. The van der Waals surface area contributed by atoms with E-state index in [4.69, 9.17) is 11.6 Å². The van der Waals surface area contributed by atoms with E-state index in [0.29, 0.717) is 0 Å². The highest BCUT2D eigenvalue weighted by Crippen LogP contribution is 2.38. The largest absolute Gasteiger partial charge is 0.371 e. The first kappa shape index (κ1) is 16.2. The maximum atomic E-state index is 11.2. The minimum atomic E-state index is -0.976. The monoisotopic (exact) mass is 327 g/mol. The summed E-state index contributed by atoms with van der Waals surface area (Å²) in [5, 5.41) is 24.3. The summed E-state index contributed by atoms with van der Waals surface area (Å²) in [7, 11) is 0. The van der Waals surface area contributed by atoms with Crippen LogP contribution in [0.4, 0.5) is 17.1 Å². The van der Waals surface area contributed by atoms with Gasteiger partial charge >= 0.3 is 0 Å². The predicted octanol–water partition coefficient (Wildman–Crippen LogP) is 3.63. The quantitative estimate of drug-likeness (QED) is 0.501. The molecule has 1 aliphatic rings. The molecule has 0 heterocycles. The summed E-state index contributed by atoms with van der Waals surface area (Å²) in [4.78, 5) is 32.1. The fourth-order valence-electron chi connectivity index (χ4n) is 2.61. The third kappa shape index (κ3) is 3.51. The van der Waals surface area contributed by atoms with Crippen molar-refractivity contribution in [1.29, 1.82) is 0 Å². The number of anilines is 1. The van der Waals surface area contributed by atoms with Crippen molar-refractivity contribution in [3.05, 3.63) is 37.9 Å². The number of nitro groups is 2. The van der Waals surface area contributed by atoms with Crippen LogP contribution in [0.5, 0.6) is 0 Å². The summed E-state index contributed by atoms with van der Waals surface area (Å²) in [6.07, 6.45) is 4.62. The van der Waals surface area contributed by atoms with Gasteiger partial charge in [-0.25, -0.2) is 0 Å². The van der Waals surface area contributed by atoms with Crippen molar-refractivity contribution in [3.8, 4) is 0 Å². The van der Waals surface area contributed by atoms with Crippen LogP contribution < -0.4 is 5.32 Å². The van der Waals surface area contributed by atoms with Crippen molar-refractivity contribution in [3.63, 3.8) is 0 Å². The molecule has 1 aromatic rings. The van der Waals surface area contributed by atoms with E-state index < -0.39 is 26.5 Å². The number of benzene rings is 1. The summed E-state index contributed by atoms with van der Waals surface area (Å²) in [6.45, 7) is 0. The van der Waals surface area contributed by atoms with Crippen LogP contribution in [0.15, 0.2) is 12.1 Å². The first-order valence-electron chi connectivity index (χ1n) is 6.83. The Labute approximate surface area is 130 Å². The number of carbonyl (C=O) groups is 1. The van der Waals surface area contributed by atoms with Crippen molar-refractivity contribution < 1.29 is 14.6 Å². The molecule has 2 rings (SSSR count). The van der Waals surface area contributed by atoms with Gasteiger partial charge in [-0.05, 0) is 24.4 Å². The first-order chi connectivity index (χ1) is 10.4.